The number of hydrogen-bond donors (Lipinski definition) is 2. The Bertz CT molecular complexity index is 474. The molecule has 2 rings (SSSR count). The van der Waals surface area contributed by atoms with Gasteiger partial charge in [-0.25, -0.2) is 9.97 Å². The van der Waals surface area contributed by atoms with E-state index in [0.717, 1.165) is 12.1 Å². The van der Waals surface area contributed by atoms with Crippen LogP contribution < -0.4 is 11.1 Å². The Labute approximate surface area is 124 Å². The second kappa shape index (κ2) is 7.33. The van der Waals surface area contributed by atoms with Gasteiger partial charge in [0.25, 0.3) is 0 Å². The predicted molar refractivity (Wildman–Crippen MR) is 79.5 cm³/mol. The zero-order valence-corrected chi connectivity index (χ0v) is 12.6. The van der Waals surface area contributed by atoms with E-state index >= 15 is 0 Å². The molecule has 1 amide bonds. The molecule has 1 atom stereocenters. The van der Waals surface area contributed by atoms with Crippen molar-refractivity contribution >= 4 is 11.7 Å². The Morgan fingerprint density at radius 3 is 3.10 bits per heavy atom. The van der Waals surface area contributed by atoms with Gasteiger partial charge in [0, 0.05) is 24.8 Å². The van der Waals surface area contributed by atoms with Gasteiger partial charge in [0.2, 0.25) is 5.91 Å². The van der Waals surface area contributed by atoms with Crippen molar-refractivity contribution in [3.8, 4) is 0 Å². The molecule has 0 aromatic carbocycles. The number of carbonyl (C=O) groups is 1. The second-order valence-electron chi connectivity index (χ2n) is 5.20. The third kappa shape index (κ3) is 4.37. The standard InChI is InChI=1S/C14H23N5O2/c1-3-4-16-14(20)11-9-21-6-5-19(11)8-13-17-10(2)7-12(15)18-13/h7,11H,3-6,8-9H2,1-2H3,(H,16,20)(H2,15,17,18). The van der Waals surface area contributed by atoms with E-state index in [4.69, 9.17) is 10.5 Å². The second-order valence-corrected chi connectivity index (χ2v) is 5.20. The van der Waals surface area contributed by atoms with Gasteiger partial charge in [0.05, 0.1) is 19.8 Å². The number of amides is 1. The lowest BCUT2D eigenvalue weighted by molar-refractivity contribution is -0.133. The molecule has 0 aliphatic carbocycles. The maximum Gasteiger partial charge on any atom is 0.239 e. The zero-order chi connectivity index (χ0) is 15.2. The van der Waals surface area contributed by atoms with Crippen LogP contribution in [0.25, 0.3) is 0 Å². The minimum Gasteiger partial charge on any atom is -0.384 e. The first-order chi connectivity index (χ1) is 10.1. The molecule has 1 unspecified atom stereocenters. The van der Waals surface area contributed by atoms with Crippen LogP contribution in [0.5, 0.6) is 0 Å². The number of nitrogens with one attached hydrogen (secondary N) is 1. The van der Waals surface area contributed by atoms with Crippen LogP contribution in [0.15, 0.2) is 6.07 Å². The van der Waals surface area contributed by atoms with Crippen molar-refractivity contribution in [2.45, 2.75) is 32.9 Å². The molecule has 1 saturated heterocycles. The smallest absolute Gasteiger partial charge is 0.239 e. The van der Waals surface area contributed by atoms with Crippen molar-refractivity contribution in [1.82, 2.24) is 20.2 Å². The highest BCUT2D eigenvalue weighted by Gasteiger charge is 2.29. The molecule has 7 heteroatoms. The SMILES string of the molecule is CCCNC(=O)C1COCCN1Cc1nc(C)cc(N)n1. The summed E-state index contributed by atoms with van der Waals surface area (Å²) in [6, 6.07) is 1.43. The Balaban J connectivity index is 2.06. The van der Waals surface area contributed by atoms with Gasteiger partial charge >= 0.3 is 0 Å². The number of hydrogen-bond acceptors (Lipinski definition) is 6. The van der Waals surface area contributed by atoms with Gasteiger partial charge in [-0.2, -0.15) is 0 Å². The normalized spacial score (nSPS) is 19.4. The van der Waals surface area contributed by atoms with Gasteiger partial charge in [0.15, 0.2) is 0 Å². The van der Waals surface area contributed by atoms with Crippen molar-refractivity contribution in [1.29, 1.82) is 0 Å². The lowest BCUT2D eigenvalue weighted by Gasteiger charge is -2.34. The van der Waals surface area contributed by atoms with Crippen molar-refractivity contribution in [3.05, 3.63) is 17.6 Å². The van der Waals surface area contributed by atoms with Crippen molar-refractivity contribution in [2.75, 3.05) is 32.0 Å². The largest absolute Gasteiger partial charge is 0.384 e. The number of ether oxygens (including phenoxy) is 1. The molecule has 0 bridgehead atoms. The van der Waals surface area contributed by atoms with Gasteiger partial charge in [-0.3, -0.25) is 9.69 Å². The van der Waals surface area contributed by atoms with E-state index in [0.29, 0.717) is 44.5 Å². The number of nitrogen functional groups attached to an aromatic ring is 1. The van der Waals surface area contributed by atoms with Gasteiger partial charge in [0.1, 0.15) is 17.7 Å². The molecule has 2 heterocycles. The number of aromatic nitrogens is 2. The molecule has 7 nitrogen and oxygen atoms in total. The van der Waals surface area contributed by atoms with E-state index in [2.05, 4.69) is 15.3 Å². The first-order valence-corrected chi connectivity index (χ1v) is 7.29. The van der Waals surface area contributed by atoms with E-state index < -0.39 is 0 Å². The average Bonchev–Trinajstić information content (AvgIpc) is 2.44. The van der Waals surface area contributed by atoms with Crippen LogP contribution >= 0.6 is 0 Å². The molecule has 0 spiro atoms. The summed E-state index contributed by atoms with van der Waals surface area (Å²) in [6.45, 7) is 6.78. The van der Waals surface area contributed by atoms with E-state index in [-0.39, 0.29) is 11.9 Å². The number of carbonyl (C=O) groups excluding carboxylic acids is 1. The fraction of sp³-hybridized carbons (Fsp3) is 0.643. The van der Waals surface area contributed by atoms with Crippen molar-refractivity contribution in [2.24, 2.45) is 0 Å². The molecule has 1 fully saturated rings. The summed E-state index contributed by atoms with van der Waals surface area (Å²) in [5.41, 5.74) is 6.58. The highest BCUT2D eigenvalue weighted by Crippen LogP contribution is 2.12. The fourth-order valence-electron chi connectivity index (χ4n) is 2.34. The molecule has 1 aliphatic rings. The first kappa shape index (κ1) is 15.7. The molecule has 0 radical (unpaired) electrons. The summed E-state index contributed by atoms with van der Waals surface area (Å²) in [5.74, 6) is 1.10. The van der Waals surface area contributed by atoms with Gasteiger partial charge < -0.3 is 15.8 Å². The number of nitrogens with two attached hydrogens (primary N) is 1. The number of nitrogens with zero attached hydrogens (tertiary/aromatic N) is 3. The van der Waals surface area contributed by atoms with E-state index in [9.17, 15) is 4.79 Å². The lowest BCUT2D eigenvalue weighted by Crippen LogP contribution is -2.53. The van der Waals surface area contributed by atoms with E-state index in [1.807, 2.05) is 18.7 Å². The number of anilines is 1. The fourth-order valence-corrected chi connectivity index (χ4v) is 2.34. The van der Waals surface area contributed by atoms with Gasteiger partial charge in [-0.05, 0) is 13.3 Å². The van der Waals surface area contributed by atoms with Crippen LogP contribution in [0.3, 0.4) is 0 Å². The minimum atomic E-state index is -0.296. The molecule has 0 saturated carbocycles. The third-order valence-electron chi connectivity index (χ3n) is 3.36. The van der Waals surface area contributed by atoms with E-state index in [1.165, 1.54) is 0 Å². The Morgan fingerprint density at radius 1 is 1.57 bits per heavy atom. The first-order valence-electron chi connectivity index (χ1n) is 7.29. The van der Waals surface area contributed by atoms with Crippen LogP contribution in [-0.2, 0) is 16.1 Å². The third-order valence-corrected chi connectivity index (χ3v) is 3.36. The molecule has 1 aliphatic heterocycles. The molecule has 1 aromatic heterocycles. The predicted octanol–water partition coefficient (Wildman–Crippen LogP) is 0.0942. The highest BCUT2D eigenvalue weighted by atomic mass is 16.5. The molecular formula is C14H23N5O2. The summed E-state index contributed by atoms with van der Waals surface area (Å²) in [7, 11) is 0. The number of rotatable bonds is 5. The van der Waals surface area contributed by atoms with Gasteiger partial charge in [-0.15, -0.1) is 0 Å². The van der Waals surface area contributed by atoms with Crippen LogP contribution in [0.2, 0.25) is 0 Å². The number of morpholine rings is 1. The number of aryl methyl sites for hydroxylation is 1. The van der Waals surface area contributed by atoms with Gasteiger partial charge in [-0.1, -0.05) is 6.92 Å². The topological polar surface area (TPSA) is 93.4 Å². The minimum absolute atomic E-state index is 0.00262. The quantitative estimate of drug-likeness (QED) is 0.799. The summed E-state index contributed by atoms with van der Waals surface area (Å²) in [6.07, 6.45) is 0.914. The Morgan fingerprint density at radius 2 is 2.38 bits per heavy atom. The Kier molecular flexibility index (Phi) is 5.46. The van der Waals surface area contributed by atoms with Crippen LogP contribution in [0, 0.1) is 6.92 Å². The summed E-state index contributed by atoms with van der Waals surface area (Å²) in [4.78, 5) is 22.9. The summed E-state index contributed by atoms with van der Waals surface area (Å²) in [5, 5.41) is 2.91. The van der Waals surface area contributed by atoms with Crippen LogP contribution in [0.4, 0.5) is 5.82 Å². The lowest BCUT2D eigenvalue weighted by atomic mass is 10.2. The van der Waals surface area contributed by atoms with E-state index in [1.54, 1.807) is 6.07 Å². The molecular weight excluding hydrogens is 270 g/mol. The molecule has 3 N–H and O–H groups in total. The van der Waals surface area contributed by atoms with Crippen molar-refractivity contribution < 1.29 is 9.53 Å². The van der Waals surface area contributed by atoms with Crippen LogP contribution in [-0.4, -0.2) is 53.1 Å². The Hall–Kier alpha value is -1.73. The maximum absolute atomic E-state index is 12.2. The molecule has 116 valence electrons. The zero-order valence-electron chi connectivity index (χ0n) is 12.6. The molecule has 21 heavy (non-hydrogen) atoms. The highest BCUT2D eigenvalue weighted by molar-refractivity contribution is 5.81. The van der Waals surface area contributed by atoms with Crippen molar-refractivity contribution in [3.63, 3.8) is 0 Å². The van der Waals surface area contributed by atoms with Crippen LogP contribution in [0.1, 0.15) is 24.9 Å². The maximum atomic E-state index is 12.2. The molecule has 1 aromatic rings. The summed E-state index contributed by atoms with van der Waals surface area (Å²) >= 11 is 0. The monoisotopic (exact) mass is 293 g/mol. The average molecular weight is 293 g/mol. The summed E-state index contributed by atoms with van der Waals surface area (Å²) < 4.78 is 5.43.